The second kappa shape index (κ2) is 10.0. The third-order valence-corrected chi connectivity index (χ3v) is 5.34. The van der Waals surface area contributed by atoms with Crippen LogP contribution in [-0.4, -0.2) is 19.6 Å². The van der Waals surface area contributed by atoms with Crippen LogP contribution in [-0.2, 0) is 0 Å². The molecule has 0 bridgehead atoms. The predicted octanol–water partition coefficient (Wildman–Crippen LogP) is 5.21. The third kappa shape index (κ3) is 5.79. The molecule has 0 radical (unpaired) electrons. The second-order valence-electron chi connectivity index (χ2n) is 7.40. The Balaban J connectivity index is 0.000000161. The van der Waals surface area contributed by atoms with Crippen LogP contribution < -0.4 is 10.6 Å². The summed E-state index contributed by atoms with van der Waals surface area (Å²) < 4.78 is 51.9. The van der Waals surface area contributed by atoms with Crippen molar-refractivity contribution in [1.82, 2.24) is 10.6 Å². The lowest BCUT2D eigenvalue weighted by Crippen LogP contribution is -2.27. The number of hydrogen-bond acceptors (Lipinski definition) is 2. The molecule has 1 unspecified atom stereocenters. The van der Waals surface area contributed by atoms with Crippen LogP contribution in [0.15, 0.2) is 36.4 Å². The van der Waals surface area contributed by atoms with Gasteiger partial charge in [-0.2, -0.15) is 0 Å². The molecule has 2 fully saturated rings. The Morgan fingerprint density at radius 1 is 0.714 bits per heavy atom. The van der Waals surface area contributed by atoms with Gasteiger partial charge in [0.1, 0.15) is 23.3 Å². The first-order valence-corrected chi connectivity index (χ1v) is 9.88. The van der Waals surface area contributed by atoms with Gasteiger partial charge in [0, 0.05) is 23.7 Å². The fourth-order valence-electron chi connectivity index (χ4n) is 3.87. The molecule has 0 amide bonds. The van der Waals surface area contributed by atoms with Crippen molar-refractivity contribution in [1.29, 1.82) is 0 Å². The summed E-state index contributed by atoms with van der Waals surface area (Å²) in [6, 6.07) is 7.67. The minimum Gasteiger partial charge on any atom is -0.317 e. The minimum absolute atomic E-state index is 0.0596. The standard InChI is InChI=1S/2C11H13F2N/c12-10-5-9(6-11(13)7-10)8-1-3-14-4-2-8;12-8-4-5-9(10(13)7-8)11-3-1-2-6-14-11/h5-8,14H,1-4H2;4-5,7,11,14H,1-3,6H2. The maximum atomic E-state index is 13.4. The molecule has 2 N–H and O–H groups in total. The van der Waals surface area contributed by atoms with Gasteiger partial charge in [0.2, 0.25) is 0 Å². The Bertz CT molecular complexity index is 749. The van der Waals surface area contributed by atoms with Gasteiger partial charge >= 0.3 is 0 Å². The van der Waals surface area contributed by atoms with Crippen LogP contribution in [0.25, 0.3) is 0 Å². The average Bonchev–Trinajstić information content (AvgIpc) is 2.69. The normalized spacial score (nSPS) is 20.4. The minimum atomic E-state index is -0.512. The average molecular weight is 394 g/mol. The first-order valence-electron chi connectivity index (χ1n) is 9.88. The maximum Gasteiger partial charge on any atom is 0.130 e. The Kier molecular flexibility index (Phi) is 7.45. The van der Waals surface area contributed by atoms with Crippen molar-refractivity contribution in [3.8, 4) is 0 Å². The Hall–Kier alpha value is -1.92. The van der Waals surface area contributed by atoms with Crippen LogP contribution in [0.2, 0.25) is 0 Å². The van der Waals surface area contributed by atoms with E-state index >= 15 is 0 Å². The second-order valence-corrected chi connectivity index (χ2v) is 7.40. The van der Waals surface area contributed by atoms with Crippen LogP contribution in [0.4, 0.5) is 17.6 Å². The van der Waals surface area contributed by atoms with E-state index in [4.69, 9.17) is 0 Å². The highest BCUT2D eigenvalue weighted by atomic mass is 19.1. The fraction of sp³-hybridized carbons (Fsp3) is 0.455. The Morgan fingerprint density at radius 2 is 1.43 bits per heavy atom. The molecule has 2 aromatic rings. The lowest BCUT2D eigenvalue weighted by Gasteiger charge is -2.24. The fourth-order valence-corrected chi connectivity index (χ4v) is 3.87. The molecule has 0 aliphatic carbocycles. The van der Waals surface area contributed by atoms with E-state index in [0.29, 0.717) is 11.5 Å². The van der Waals surface area contributed by atoms with Gasteiger partial charge in [-0.1, -0.05) is 12.5 Å². The van der Waals surface area contributed by atoms with Crippen LogP contribution in [0.3, 0.4) is 0 Å². The molecular formula is C22H26F4N2. The summed E-state index contributed by atoms with van der Waals surface area (Å²) >= 11 is 0. The summed E-state index contributed by atoms with van der Waals surface area (Å²) in [5, 5.41) is 6.46. The van der Waals surface area contributed by atoms with E-state index in [1.54, 1.807) is 0 Å². The van der Waals surface area contributed by atoms with E-state index in [2.05, 4.69) is 10.6 Å². The van der Waals surface area contributed by atoms with E-state index < -0.39 is 23.3 Å². The smallest absolute Gasteiger partial charge is 0.130 e. The first kappa shape index (κ1) is 20.8. The number of rotatable bonds is 2. The molecule has 2 saturated heterocycles. The van der Waals surface area contributed by atoms with Crippen LogP contribution in [0.1, 0.15) is 55.2 Å². The van der Waals surface area contributed by atoms with Crippen LogP contribution in [0, 0.1) is 23.3 Å². The Labute approximate surface area is 163 Å². The van der Waals surface area contributed by atoms with E-state index in [0.717, 1.165) is 69.4 Å². The molecule has 0 aromatic heterocycles. The topological polar surface area (TPSA) is 24.1 Å². The number of benzene rings is 2. The number of halogens is 4. The monoisotopic (exact) mass is 394 g/mol. The first-order chi connectivity index (χ1) is 13.5. The number of piperidine rings is 2. The summed E-state index contributed by atoms with van der Waals surface area (Å²) in [7, 11) is 0. The van der Waals surface area contributed by atoms with Gasteiger partial charge in [-0.05, 0) is 75.0 Å². The molecular weight excluding hydrogens is 368 g/mol. The zero-order chi connectivity index (χ0) is 19.9. The number of hydrogen-bond donors (Lipinski definition) is 2. The molecule has 2 aliphatic heterocycles. The van der Waals surface area contributed by atoms with E-state index in [9.17, 15) is 17.6 Å². The SMILES string of the molecule is Fc1cc(F)cc(C2CCNCC2)c1.Fc1ccc(C2CCCCN2)c(F)c1. The van der Waals surface area contributed by atoms with Gasteiger partial charge in [-0.15, -0.1) is 0 Å². The quantitative estimate of drug-likeness (QED) is 0.683. The van der Waals surface area contributed by atoms with E-state index in [1.807, 2.05) is 0 Å². The van der Waals surface area contributed by atoms with Gasteiger partial charge in [-0.25, -0.2) is 17.6 Å². The molecule has 2 aromatic carbocycles. The number of nitrogens with one attached hydrogen (secondary N) is 2. The highest BCUT2D eigenvalue weighted by Crippen LogP contribution is 2.26. The van der Waals surface area contributed by atoms with Crippen molar-refractivity contribution >= 4 is 0 Å². The lowest BCUT2D eigenvalue weighted by molar-refractivity contribution is 0.398. The summed E-state index contributed by atoms with van der Waals surface area (Å²) in [6.07, 6.45) is 5.10. The van der Waals surface area contributed by atoms with E-state index in [-0.39, 0.29) is 6.04 Å². The van der Waals surface area contributed by atoms with Crippen molar-refractivity contribution in [2.45, 2.75) is 44.1 Å². The van der Waals surface area contributed by atoms with Gasteiger partial charge in [0.15, 0.2) is 0 Å². The van der Waals surface area contributed by atoms with E-state index in [1.165, 1.54) is 24.3 Å². The lowest BCUT2D eigenvalue weighted by atomic mass is 9.90. The Morgan fingerprint density at radius 3 is 2.04 bits per heavy atom. The molecule has 2 heterocycles. The van der Waals surface area contributed by atoms with Crippen molar-refractivity contribution in [2.75, 3.05) is 19.6 Å². The zero-order valence-corrected chi connectivity index (χ0v) is 15.8. The van der Waals surface area contributed by atoms with Crippen molar-refractivity contribution in [3.63, 3.8) is 0 Å². The largest absolute Gasteiger partial charge is 0.317 e. The van der Waals surface area contributed by atoms with Crippen LogP contribution >= 0.6 is 0 Å². The maximum absolute atomic E-state index is 13.4. The molecule has 2 aliphatic rings. The summed E-state index contributed by atoms with van der Waals surface area (Å²) in [5.41, 5.74) is 1.38. The molecule has 6 heteroatoms. The van der Waals surface area contributed by atoms with Gasteiger partial charge in [0.25, 0.3) is 0 Å². The zero-order valence-electron chi connectivity index (χ0n) is 15.8. The van der Waals surface area contributed by atoms with Crippen molar-refractivity contribution in [3.05, 3.63) is 70.8 Å². The molecule has 1 atom stereocenters. The van der Waals surface area contributed by atoms with Gasteiger partial charge in [-0.3, -0.25) is 0 Å². The van der Waals surface area contributed by atoms with Gasteiger partial charge in [0.05, 0.1) is 0 Å². The highest BCUT2D eigenvalue weighted by molar-refractivity contribution is 5.23. The summed E-state index contributed by atoms with van der Waals surface area (Å²) in [5.74, 6) is -1.59. The summed E-state index contributed by atoms with van der Waals surface area (Å²) in [6.45, 7) is 2.78. The van der Waals surface area contributed by atoms with Crippen molar-refractivity contribution in [2.24, 2.45) is 0 Å². The molecule has 4 rings (SSSR count). The molecule has 0 saturated carbocycles. The molecule has 152 valence electrons. The van der Waals surface area contributed by atoms with Gasteiger partial charge < -0.3 is 10.6 Å². The molecule has 2 nitrogen and oxygen atoms in total. The molecule has 0 spiro atoms. The predicted molar refractivity (Wildman–Crippen MR) is 102 cm³/mol. The van der Waals surface area contributed by atoms with Crippen LogP contribution in [0.5, 0.6) is 0 Å². The highest BCUT2D eigenvalue weighted by Gasteiger charge is 2.18. The summed E-state index contributed by atoms with van der Waals surface area (Å²) in [4.78, 5) is 0. The third-order valence-electron chi connectivity index (χ3n) is 5.34. The molecule has 28 heavy (non-hydrogen) atoms. The van der Waals surface area contributed by atoms with Crippen molar-refractivity contribution < 1.29 is 17.6 Å².